The fraction of sp³-hybridized carbons (Fsp3) is 0.625. The molecule has 0 aliphatic carbocycles. The van der Waals surface area contributed by atoms with Crippen LogP contribution in [0.4, 0.5) is 4.39 Å². The van der Waals surface area contributed by atoms with Crippen LogP contribution >= 0.6 is 0 Å². The van der Waals surface area contributed by atoms with Gasteiger partial charge in [0.1, 0.15) is 11.6 Å². The van der Waals surface area contributed by atoms with Gasteiger partial charge in [0.05, 0.1) is 6.61 Å². The maximum Gasteiger partial charge on any atom is 0.123 e. The predicted octanol–water partition coefficient (Wildman–Crippen LogP) is 3.11. The molecule has 2 N–H and O–H groups in total. The SMILES string of the molecule is CC(C)CNCc1cc(F)ccc1OCCCCCO. The van der Waals surface area contributed by atoms with Gasteiger partial charge in [-0.05, 0) is 49.9 Å². The lowest BCUT2D eigenvalue weighted by Gasteiger charge is -2.13. The van der Waals surface area contributed by atoms with Crippen LogP contribution in [-0.2, 0) is 6.54 Å². The molecule has 20 heavy (non-hydrogen) atoms. The number of benzene rings is 1. The first-order chi connectivity index (χ1) is 9.63. The summed E-state index contributed by atoms with van der Waals surface area (Å²) in [5, 5.41) is 12.0. The molecule has 0 spiro atoms. The minimum absolute atomic E-state index is 0.223. The van der Waals surface area contributed by atoms with Crippen LogP contribution in [0.1, 0.15) is 38.7 Å². The van der Waals surface area contributed by atoms with E-state index in [-0.39, 0.29) is 12.4 Å². The van der Waals surface area contributed by atoms with Crippen LogP contribution in [0.15, 0.2) is 18.2 Å². The van der Waals surface area contributed by atoms with E-state index < -0.39 is 0 Å². The summed E-state index contributed by atoms with van der Waals surface area (Å²) in [6.07, 6.45) is 2.64. The lowest BCUT2D eigenvalue weighted by atomic mass is 10.1. The quantitative estimate of drug-likeness (QED) is 0.648. The molecule has 0 radical (unpaired) electrons. The highest BCUT2D eigenvalue weighted by atomic mass is 19.1. The topological polar surface area (TPSA) is 41.5 Å². The number of halogens is 1. The van der Waals surface area contributed by atoms with Gasteiger partial charge in [-0.15, -0.1) is 0 Å². The molecule has 1 rings (SSSR count). The number of ether oxygens (including phenoxy) is 1. The minimum atomic E-state index is -0.237. The molecule has 0 amide bonds. The third kappa shape index (κ3) is 6.87. The molecule has 0 aliphatic heterocycles. The minimum Gasteiger partial charge on any atom is -0.493 e. The van der Waals surface area contributed by atoms with Crippen LogP contribution in [0.25, 0.3) is 0 Å². The zero-order chi connectivity index (χ0) is 14.8. The van der Waals surface area contributed by atoms with Gasteiger partial charge in [0.2, 0.25) is 0 Å². The van der Waals surface area contributed by atoms with Crippen LogP contribution in [0, 0.1) is 11.7 Å². The highest BCUT2D eigenvalue weighted by Gasteiger charge is 2.06. The Kier molecular flexibility index (Phi) is 8.23. The summed E-state index contributed by atoms with van der Waals surface area (Å²) in [7, 11) is 0. The average Bonchev–Trinajstić information content (AvgIpc) is 2.40. The zero-order valence-corrected chi connectivity index (χ0v) is 12.5. The van der Waals surface area contributed by atoms with Gasteiger partial charge >= 0.3 is 0 Å². The summed E-state index contributed by atoms with van der Waals surface area (Å²) in [6.45, 7) is 6.60. The molecule has 0 aliphatic rings. The van der Waals surface area contributed by atoms with Crippen molar-refractivity contribution in [2.75, 3.05) is 19.8 Å². The first-order valence-electron chi connectivity index (χ1n) is 7.36. The molecule has 0 unspecified atom stereocenters. The highest BCUT2D eigenvalue weighted by Crippen LogP contribution is 2.20. The summed E-state index contributed by atoms with van der Waals surface area (Å²) in [5.41, 5.74) is 0.854. The number of unbranched alkanes of at least 4 members (excludes halogenated alkanes) is 2. The van der Waals surface area contributed by atoms with Gasteiger partial charge in [-0.2, -0.15) is 0 Å². The Hall–Kier alpha value is -1.13. The lowest BCUT2D eigenvalue weighted by Crippen LogP contribution is -2.19. The zero-order valence-electron chi connectivity index (χ0n) is 12.5. The Labute approximate surface area is 121 Å². The van der Waals surface area contributed by atoms with Gasteiger partial charge in [0.25, 0.3) is 0 Å². The second-order valence-electron chi connectivity index (χ2n) is 5.41. The van der Waals surface area contributed by atoms with E-state index in [2.05, 4.69) is 19.2 Å². The molecule has 0 saturated carbocycles. The molecule has 0 bridgehead atoms. The molecule has 0 fully saturated rings. The second kappa shape index (κ2) is 9.72. The van der Waals surface area contributed by atoms with Gasteiger partial charge in [-0.25, -0.2) is 4.39 Å². The summed E-state index contributed by atoms with van der Waals surface area (Å²) in [6, 6.07) is 4.64. The van der Waals surface area contributed by atoms with Crippen LogP contribution in [0.2, 0.25) is 0 Å². The molecule has 114 valence electrons. The molecule has 0 heterocycles. The first-order valence-corrected chi connectivity index (χ1v) is 7.36. The highest BCUT2D eigenvalue weighted by molar-refractivity contribution is 5.33. The van der Waals surface area contributed by atoms with Crippen molar-refractivity contribution in [2.24, 2.45) is 5.92 Å². The summed E-state index contributed by atoms with van der Waals surface area (Å²) in [4.78, 5) is 0. The smallest absolute Gasteiger partial charge is 0.123 e. The Bertz CT molecular complexity index is 383. The Morgan fingerprint density at radius 3 is 2.75 bits per heavy atom. The van der Waals surface area contributed by atoms with E-state index in [1.54, 1.807) is 6.07 Å². The molecule has 1 aromatic rings. The fourth-order valence-electron chi connectivity index (χ4n) is 1.90. The van der Waals surface area contributed by atoms with Crippen molar-refractivity contribution in [3.63, 3.8) is 0 Å². The lowest BCUT2D eigenvalue weighted by molar-refractivity contribution is 0.265. The molecule has 4 heteroatoms. The van der Waals surface area contributed by atoms with E-state index in [0.29, 0.717) is 19.1 Å². The van der Waals surface area contributed by atoms with E-state index in [9.17, 15) is 4.39 Å². The third-order valence-electron chi connectivity index (χ3n) is 2.95. The van der Waals surface area contributed by atoms with Crippen molar-refractivity contribution in [1.29, 1.82) is 0 Å². The number of aliphatic hydroxyl groups is 1. The predicted molar refractivity (Wildman–Crippen MR) is 79.4 cm³/mol. The summed E-state index contributed by atoms with van der Waals surface area (Å²) >= 11 is 0. The normalized spacial score (nSPS) is 11.1. The Morgan fingerprint density at radius 2 is 2.05 bits per heavy atom. The third-order valence-corrected chi connectivity index (χ3v) is 2.95. The van der Waals surface area contributed by atoms with Crippen LogP contribution in [0.3, 0.4) is 0 Å². The van der Waals surface area contributed by atoms with Crippen LogP contribution in [-0.4, -0.2) is 24.9 Å². The standard InChI is InChI=1S/C16H26FNO2/c1-13(2)11-18-12-14-10-15(17)6-7-16(14)20-9-5-3-4-8-19/h6-7,10,13,18-19H,3-5,8-9,11-12H2,1-2H3. The number of aliphatic hydroxyl groups excluding tert-OH is 1. The van der Waals surface area contributed by atoms with Crippen LogP contribution < -0.4 is 10.1 Å². The molecular formula is C16H26FNO2. The Balaban J connectivity index is 2.47. The number of hydrogen-bond donors (Lipinski definition) is 2. The van der Waals surface area contributed by atoms with E-state index >= 15 is 0 Å². The summed E-state index contributed by atoms with van der Waals surface area (Å²) in [5.74, 6) is 1.07. The molecular weight excluding hydrogens is 257 g/mol. The monoisotopic (exact) mass is 283 g/mol. The van der Waals surface area contributed by atoms with Crippen molar-refractivity contribution in [3.05, 3.63) is 29.6 Å². The largest absolute Gasteiger partial charge is 0.493 e. The van der Waals surface area contributed by atoms with Crippen molar-refractivity contribution < 1.29 is 14.2 Å². The van der Waals surface area contributed by atoms with Crippen molar-refractivity contribution in [2.45, 2.75) is 39.7 Å². The number of nitrogens with one attached hydrogen (secondary N) is 1. The van der Waals surface area contributed by atoms with Gasteiger partial charge < -0.3 is 15.2 Å². The first kappa shape index (κ1) is 16.9. The van der Waals surface area contributed by atoms with E-state index in [1.165, 1.54) is 12.1 Å². The van der Waals surface area contributed by atoms with Gasteiger partial charge in [-0.3, -0.25) is 0 Å². The second-order valence-corrected chi connectivity index (χ2v) is 5.41. The molecule has 0 saturated heterocycles. The van der Waals surface area contributed by atoms with Crippen molar-refractivity contribution >= 4 is 0 Å². The molecule has 3 nitrogen and oxygen atoms in total. The van der Waals surface area contributed by atoms with Crippen molar-refractivity contribution in [1.82, 2.24) is 5.32 Å². The average molecular weight is 283 g/mol. The maximum atomic E-state index is 13.3. The number of hydrogen-bond acceptors (Lipinski definition) is 3. The summed E-state index contributed by atoms with van der Waals surface area (Å²) < 4.78 is 19.0. The Morgan fingerprint density at radius 1 is 1.25 bits per heavy atom. The number of rotatable bonds is 10. The fourth-order valence-corrected chi connectivity index (χ4v) is 1.90. The maximum absolute atomic E-state index is 13.3. The molecule has 0 aromatic heterocycles. The van der Waals surface area contributed by atoms with Gasteiger partial charge in [0.15, 0.2) is 0 Å². The van der Waals surface area contributed by atoms with E-state index in [1.807, 2.05) is 0 Å². The molecule has 1 aromatic carbocycles. The van der Waals surface area contributed by atoms with Crippen LogP contribution in [0.5, 0.6) is 5.75 Å². The van der Waals surface area contributed by atoms with E-state index in [0.717, 1.165) is 37.1 Å². The van der Waals surface area contributed by atoms with Gasteiger partial charge in [0, 0.05) is 18.7 Å². The van der Waals surface area contributed by atoms with Crippen molar-refractivity contribution in [3.8, 4) is 5.75 Å². The molecule has 0 atom stereocenters. The van der Waals surface area contributed by atoms with Gasteiger partial charge in [-0.1, -0.05) is 13.8 Å². The van der Waals surface area contributed by atoms with E-state index in [4.69, 9.17) is 9.84 Å².